The van der Waals surface area contributed by atoms with E-state index in [0.29, 0.717) is 6.04 Å². The van der Waals surface area contributed by atoms with E-state index in [1.165, 1.54) is 0 Å². The van der Waals surface area contributed by atoms with Crippen LogP contribution in [0.4, 0.5) is 0 Å². The van der Waals surface area contributed by atoms with Gasteiger partial charge in [0.1, 0.15) is 5.75 Å². The van der Waals surface area contributed by atoms with Gasteiger partial charge in [0.15, 0.2) is 0 Å². The second-order valence-corrected chi connectivity index (χ2v) is 4.89. The lowest BCUT2D eigenvalue weighted by molar-refractivity contribution is 0.273. The van der Waals surface area contributed by atoms with E-state index in [0.717, 1.165) is 36.8 Å². The van der Waals surface area contributed by atoms with Gasteiger partial charge in [-0.05, 0) is 27.8 Å². The van der Waals surface area contributed by atoms with Crippen molar-refractivity contribution in [1.82, 2.24) is 15.2 Å². The van der Waals surface area contributed by atoms with Crippen molar-refractivity contribution in [3.63, 3.8) is 0 Å². The maximum Gasteiger partial charge on any atom is 0.122 e. The van der Waals surface area contributed by atoms with Crippen LogP contribution < -0.4 is 10.1 Å². The Morgan fingerprint density at radius 2 is 2.11 bits per heavy atom. The second-order valence-electron chi connectivity index (χ2n) is 4.89. The van der Waals surface area contributed by atoms with Crippen LogP contribution >= 0.6 is 0 Å². The summed E-state index contributed by atoms with van der Waals surface area (Å²) in [6.45, 7) is 9.18. The van der Waals surface area contributed by atoms with Crippen LogP contribution in [0.25, 0.3) is 0 Å². The first-order valence-electron chi connectivity index (χ1n) is 6.45. The van der Waals surface area contributed by atoms with Gasteiger partial charge >= 0.3 is 0 Å². The summed E-state index contributed by atoms with van der Waals surface area (Å²) in [6.07, 6.45) is 0. The molecule has 0 unspecified atom stereocenters. The molecule has 0 bridgehead atoms. The van der Waals surface area contributed by atoms with E-state index in [9.17, 15) is 0 Å². The number of likely N-dealkylation sites (N-methyl/N-ethyl adjacent to an activating group) is 1. The van der Waals surface area contributed by atoms with Gasteiger partial charge in [0.25, 0.3) is 0 Å². The molecule has 0 aliphatic carbocycles. The lowest BCUT2D eigenvalue weighted by Gasteiger charge is -2.20. The Kier molecular flexibility index (Phi) is 6.09. The Balaban J connectivity index is 2.37. The monoisotopic (exact) mass is 251 g/mol. The molecule has 1 heterocycles. The summed E-state index contributed by atoms with van der Waals surface area (Å²) in [5.41, 5.74) is 2.02. The van der Waals surface area contributed by atoms with Crippen LogP contribution in [0.3, 0.4) is 0 Å². The van der Waals surface area contributed by atoms with Gasteiger partial charge in [0.05, 0.1) is 12.8 Å². The van der Waals surface area contributed by atoms with Crippen LogP contribution in [0.15, 0.2) is 12.1 Å². The molecule has 4 nitrogen and oxygen atoms in total. The molecule has 0 aromatic carbocycles. The minimum atomic E-state index is 0.587. The molecule has 0 amide bonds. The van der Waals surface area contributed by atoms with Crippen LogP contribution in [0, 0.1) is 6.92 Å². The quantitative estimate of drug-likeness (QED) is 0.750. The number of rotatable bonds is 7. The van der Waals surface area contributed by atoms with Crippen LogP contribution in [0.1, 0.15) is 25.2 Å². The normalized spacial score (nSPS) is 11.3. The molecule has 4 heteroatoms. The second kappa shape index (κ2) is 7.34. The molecule has 1 rings (SSSR count). The summed E-state index contributed by atoms with van der Waals surface area (Å²) in [5, 5.41) is 3.41. The SMILES string of the molecule is COc1cc(C)nc(CNCCN(C)C(C)C)c1. The summed E-state index contributed by atoms with van der Waals surface area (Å²) in [7, 11) is 3.82. The van der Waals surface area contributed by atoms with Crippen molar-refractivity contribution < 1.29 is 4.74 Å². The van der Waals surface area contributed by atoms with E-state index in [1.807, 2.05) is 19.1 Å². The largest absolute Gasteiger partial charge is 0.497 e. The van der Waals surface area contributed by atoms with Gasteiger partial charge in [-0.15, -0.1) is 0 Å². The van der Waals surface area contributed by atoms with Gasteiger partial charge in [-0.3, -0.25) is 4.98 Å². The molecule has 0 aliphatic rings. The van der Waals surface area contributed by atoms with E-state index < -0.39 is 0 Å². The van der Waals surface area contributed by atoms with Gasteiger partial charge in [-0.2, -0.15) is 0 Å². The van der Waals surface area contributed by atoms with Crippen molar-refractivity contribution in [3.05, 3.63) is 23.5 Å². The number of hydrogen-bond donors (Lipinski definition) is 1. The Labute approximate surface area is 110 Å². The van der Waals surface area contributed by atoms with E-state index in [4.69, 9.17) is 4.74 Å². The Hall–Kier alpha value is -1.13. The van der Waals surface area contributed by atoms with Crippen molar-refractivity contribution in [1.29, 1.82) is 0 Å². The summed E-state index contributed by atoms with van der Waals surface area (Å²) in [6, 6.07) is 4.51. The number of nitrogens with one attached hydrogen (secondary N) is 1. The van der Waals surface area contributed by atoms with Crippen molar-refractivity contribution in [3.8, 4) is 5.75 Å². The first-order valence-corrected chi connectivity index (χ1v) is 6.45. The summed E-state index contributed by atoms with van der Waals surface area (Å²) in [4.78, 5) is 6.79. The highest BCUT2D eigenvalue weighted by Gasteiger charge is 2.03. The number of methoxy groups -OCH3 is 1. The number of hydrogen-bond acceptors (Lipinski definition) is 4. The Morgan fingerprint density at radius 3 is 2.72 bits per heavy atom. The van der Waals surface area contributed by atoms with E-state index in [1.54, 1.807) is 7.11 Å². The van der Waals surface area contributed by atoms with Gasteiger partial charge in [0.2, 0.25) is 0 Å². The highest BCUT2D eigenvalue weighted by Crippen LogP contribution is 2.12. The van der Waals surface area contributed by atoms with Crippen LogP contribution in [-0.2, 0) is 6.54 Å². The summed E-state index contributed by atoms with van der Waals surface area (Å²) < 4.78 is 5.24. The third kappa shape index (κ3) is 5.02. The average Bonchev–Trinajstić information content (AvgIpc) is 2.33. The number of nitrogens with zero attached hydrogens (tertiary/aromatic N) is 2. The fraction of sp³-hybridized carbons (Fsp3) is 0.643. The number of aryl methyl sites for hydroxylation is 1. The maximum absolute atomic E-state index is 5.24. The average molecular weight is 251 g/mol. The standard InChI is InChI=1S/C14H25N3O/c1-11(2)17(4)7-6-15-10-13-9-14(18-5)8-12(3)16-13/h8-9,11,15H,6-7,10H2,1-5H3. The number of ether oxygens (including phenoxy) is 1. The summed E-state index contributed by atoms with van der Waals surface area (Å²) in [5.74, 6) is 0.874. The minimum Gasteiger partial charge on any atom is -0.497 e. The smallest absolute Gasteiger partial charge is 0.122 e. The Bertz CT molecular complexity index is 366. The summed E-state index contributed by atoms with van der Waals surface area (Å²) >= 11 is 0. The molecular formula is C14H25N3O. The molecule has 18 heavy (non-hydrogen) atoms. The topological polar surface area (TPSA) is 37.4 Å². The van der Waals surface area contributed by atoms with E-state index >= 15 is 0 Å². The van der Waals surface area contributed by atoms with Gasteiger partial charge in [-0.25, -0.2) is 0 Å². The van der Waals surface area contributed by atoms with Crippen molar-refractivity contribution in [2.24, 2.45) is 0 Å². The first kappa shape index (κ1) is 14.9. The van der Waals surface area contributed by atoms with Gasteiger partial charge in [0, 0.05) is 43.5 Å². The fourth-order valence-electron chi connectivity index (χ4n) is 1.64. The fourth-order valence-corrected chi connectivity index (χ4v) is 1.64. The zero-order chi connectivity index (χ0) is 13.5. The van der Waals surface area contributed by atoms with Gasteiger partial charge in [-0.1, -0.05) is 0 Å². The molecule has 1 aromatic heterocycles. The highest BCUT2D eigenvalue weighted by molar-refractivity contribution is 5.26. The molecule has 0 spiro atoms. The molecule has 0 aliphatic heterocycles. The lowest BCUT2D eigenvalue weighted by Crippen LogP contribution is -2.33. The van der Waals surface area contributed by atoms with Crippen LogP contribution in [-0.4, -0.2) is 43.2 Å². The predicted molar refractivity (Wildman–Crippen MR) is 75.0 cm³/mol. The van der Waals surface area contributed by atoms with E-state index in [2.05, 4.69) is 36.1 Å². The lowest BCUT2D eigenvalue weighted by atomic mass is 10.3. The predicted octanol–water partition coefficient (Wildman–Crippen LogP) is 1.83. The molecule has 0 radical (unpaired) electrons. The van der Waals surface area contributed by atoms with Crippen molar-refractivity contribution in [2.45, 2.75) is 33.4 Å². The van der Waals surface area contributed by atoms with Gasteiger partial charge < -0.3 is 15.0 Å². The number of aromatic nitrogens is 1. The molecule has 0 saturated carbocycles. The molecule has 0 atom stereocenters. The minimum absolute atomic E-state index is 0.587. The molecule has 1 aromatic rings. The third-order valence-electron chi connectivity index (χ3n) is 3.04. The van der Waals surface area contributed by atoms with E-state index in [-0.39, 0.29) is 0 Å². The Morgan fingerprint density at radius 1 is 1.39 bits per heavy atom. The van der Waals surface area contributed by atoms with Crippen LogP contribution in [0.5, 0.6) is 5.75 Å². The maximum atomic E-state index is 5.24. The van der Waals surface area contributed by atoms with Crippen molar-refractivity contribution >= 4 is 0 Å². The molecule has 1 N–H and O–H groups in total. The molecular weight excluding hydrogens is 226 g/mol. The zero-order valence-corrected chi connectivity index (χ0v) is 12.2. The number of pyridine rings is 1. The molecule has 102 valence electrons. The zero-order valence-electron chi connectivity index (χ0n) is 12.2. The first-order chi connectivity index (χ1) is 8.52. The third-order valence-corrected chi connectivity index (χ3v) is 3.04. The molecule has 0 fully saturated rings. The van der Waals surface area contributed by atoms with Crippen LogP contribution in [0.2, 0.25) is 0 Å². The highest BCUT2D eigenvalue weighted by atomic mass is 16.5. The van der Waals surface area contributed by atoms with Crippen molar-refractivity contribution in [2.75, 3.05) is 27.2 Å². The molecule has 0 saturated heterocycles.